The maximum absolute atomic E-state index is 12.7. The van der Waals surface area contributed by atoms with Crippen molar-refractivity contribution >= 4 is 29.8 Å². The Labute approximate surface area is 203 Å². The quantitative estimate of drug-likeness (QED) is 0.261. The molecule has 1 fully saturated rings. The van der Waals surface area contributed by atoms with Crippen LogP contribution in [0.5, 0.6) is 0 Å². The number of carboxylic acids is 3. The van der Waals surface area contributed by atoms with Crippen LogP contribution in [0.4, 0.5) is 0 Å². The predicted molar refractivity (Wildman–Crippen MR) is 125 cm³/mol. The van der Waals surface area contributed by atoms with Crippen LogP contribution in [0.15, 0.2) is 42.5 Å². The maximum atomic E-state index is 12.7. The Balaban J connectivity index is 0.000000658. The van der Waals surface area contributed by atoms with E-state index in [-0.39, 0.29) is 12.5 Å². The number of aryl methyl sites for hydroxylation is 1. The molecule has 1 aromatic rings. The minimum absolute atomic E-state index is 0.262. The topological polar surface area (TPSA) is 171 Å². The number of amides is 1. The molecule has 11 heteroatoms. The van der Waals surface area contributed by atoms with Crippen LogP contribution in [0.25, 0.3) is 0 Å². The van der Waals surface area contributed by atoms with Crippen LogP contribution in [-0.4, -0.2) is 81.3 Å². The van der Waals surface area contributed by atoms with E-state index in [0.29, 0.717) is 44.4 Å². The molecule has 0 saturated carbocycles. The molecule has 0 aliphatic carbocycles. The zero-order chi connectivity index (χ0) is 26.4. The first-order valence-corrected chi connectivity index (χ1v) is 11.2. The molecule has 1 unspecified atom stereocenters. The molecule has 11 nitrogen and oxygen atoms in total. The van der Waals surface area contributed by atoms with Crippen LogP contribution in [0.1, 0.15) is 38.7 Å². The third-order valence-electron chi connectivity index (χ3n) is 5.15. The lowest BCUT2D eigenvalue weighted by molar-refractivity contribution is -0.150. The maximum Gasteiger partial charge on any atom is 0.328 e. The number of aliphatic carboxylic acids is 3. The van der Waals surface area contributed by atoms with Crippen LogP contribution >= 0.6 is 0 Å². The normalized spacial score (nSPS) is 16.6. The Hall–Kier alpha value is -3.73. The van der Waals surface area contributed by atoms with Gasteiger partial charge in [-0.05, 0) is 45.1 Å². The minimum Gasteiger partial charge on any atom is -0.480 e. The lowest BCUT2D eigenvalue weighted by Gasteiger charge is -2.27. The van der Waals surface area contributed by atoms with Gasteiger partial charge in [-0.15, -0.1) is 0 Å². The van der Waals surface area contributed by atoms with Crippen molar-refractivity contribution < 1.29 is 44.0 Å². The number of likely N-dealkylation sites (tertiary alicyclic amines) is 1. The highest BCUT2D eigenvalue weighted by molar-refractivity contribution is 5.89. The van der Waals surface area contributed by atoms with Crippen molar-refractivity contribution in [3.8, 4) is 0 Å². The summed E-state index contributed by atoms with van der Waals surface area (Å²) in [7, 11) is 0. The van der Waals surface area contributed by atoms with Gasteiger partial charge >= 0.3 is 23.9 Å². The van der Waals surface area contributed by atoms with E-state index >= 15 is 0 Å². The van der Waals surface area contributed by atoms with E-state index in [1.54, 1.807) is 13.8 Å². The van der Waals surface area contributed by atoms with E-state index in [9.17, 15) is 29.1 Å². The monoisotopic (exact) mass is 492 g/mol. The van der Waals surface area contributed by atoms with E-state index < -0.39 is 42.0 Å². The van der Waals surface area contributed by atoms with Gasteiger partial charge in [0.05, 0.1) is 12.6 Å². The molecule has 4 N–H and O–H groups in total. The fourth-order valence-electron chi connectivity index (χ4n) is 3.52. The van der Waals surface area contributed by atoms with Crippen molar-refractivity contribution in [1.82, 2.24) is 10.2 Å². The fraction of sp³-hybridized carbons (Fsp3) is 0.458. The summed E-state index contributed by atoms with van der Waals surface area (Å²) in [4.78, 5) is 56.8. The highest BCUT2D eigenvalue weighted by Gasteiger charge is 2.36. The van der Waals surface area contributed by atoms with Gasteiger partial charge < -0.3 is 25.0 Å². The third-order valence-corrected chi connectivity index (χ3v) is 5.15. The first kappa shape index (κ1) is 29.3. The van der Waals surface area contributed by atoms with Gasteiger partial charge in [0.25, 0.3) is 0 Å². The van der Waals surface area contributed by atoms with Gasteiger partial charge in [0.2, 0.25) is 5.91 Å². The largest absolute Gasteiger partial charge is 0.480 e. The number of carbonyl (C=O) groups is 5. The Kier molecular flexibility index (Phi) is 12.7. The summed E-state index contributed by atoms with van der Waals surface area (Å²) in [6.45, 7) is 4.09. The second-order valence-corrected chi connectivity index (χ2v) is 7.75. The van der Waals surface area contributed by atoms with Gasteiger partial charge in [0.15, 0.2) is 0 Å². The molecule has 1 aliphatic rings. The van der Waals surface area contributed by atoms with Crippen molar-refractivity contribution in [3.05, 3.63) is 48.0 Å². The number of carbonyl (C=O) groups excluding carboxylic acids is 2. The number of esters is 1. The molecule has 1 aliphatic heterocycles. The first-order valence-electron chi connectivity index (χ1n) is 11.2. The number of benzene rings is 1. The van der Waals surface area contributed by atoms with Crippen molar-refractivity contribution in [2.45, 2.75) is 57.7 Å². The molecule has 1 amide bonds. The summed E-state index contributed by atoms with van der Waals surface area (Å²) >= 11 is 0. The van der Waals surface area contributed by atoms with Gasteiger partial charge in [0.1, 0.15) is 12.1 Å². The number of carboxylic acid groups (broad SMARTS) is 3. The molecule has 0 aromatic heterocycles. The molecule has 2 rings (SSSR count). The van der Waals surface area contributed by atoms with Gasteiger partial charge in [-0.2, -0.15) is 0 Å². The Morgan fingerprint density at radius 1 is 1.09 bits per heavy atom. The zero-order valence-electron chi connectivity index (χ0n) is 19.8. The summed E-state index contributed by atoms with van der Waals surface area (Å²) in [5.41, 5.74) is 1.10. The standard InChI is InChI=1S/C20H28N2O5.C4H4O4/c1-3-27-20(26)16(12-11-15-8-5-4-6-9-15)21-14(2)18(23)22-13-7-10-17(22)19(24)25;5-3(6)1-2-4(7)8/h4-6,8-9,14,16-17,21H,3,7,10-13H2,1-2H3,(H,24,25);1-2H,(H,5,6)(H,7,8)/b;2-1-/t14?,16-,17-;/m1./s1. The van der Waals surface area contributed by atoms with Gasteiger partial charge in [-0.3, -0.25) is 14.9 Å². The molecule has 1 aromatic carbocycles. The van der Waals surface area contributed by atoms with E-state index in [0.717, 1.165) is 5.56 Å². The summed E-state index contributed by atoms with van der Waals surface area (Å²) in [6, 6.07) is 7.69. The highest BCUT2D eigenvalue weighted by Crippen LogP contribution is 2.19. The van der Waals surface area contributed by atoms with Gasteiger partial charge in [-0.25, -0.2) is 14.4 Å². The van der Waals surface area contributed by atoms with Crippen LogP contribution in [-0.2, 0) is 35.1 Å². The molecule has 35 heavy (non-hydrogen) atoms. The highest BCUT2D eigenvalue weighted by atomic mass is 16.5. The molecule has 0 radical (unpaired) electrons. The zero-order valence-corrected chi connectivity index (χ0v) is 19.8. The SMILES string of the molecule is CCOC(=O)[C@@H](CCc1ccccc1)NC(C)C(=O)N1CCC[C@@H]1C(=O)O.O=C(O)/C=C\C(=O)O. The molecule has 0 spiro atoms. The lowest BCUT2D eigenvalue weighted by Crippen LogP contribution is -2.53. The van der Waals surface area contributed by atoms with Crippen LogP contribution in [0.3, 0.4) is 0 Å². The first-order chi connectivity index (χ1) is 16.6. The van der Waals surface area contributed by atoms with Crippen LogP contribution in [0.2, 0.25) is 0 Å². The summed E-state index contributed by atoms with van der Waals surface area (Å²) < 4.78 is 5.14. The summed E-state index contributed by atoms with van der Waals surface area (Å²) in [5.74, 6) is -4.20. The number of ether oxygens (including phenoxy) is 1. The number of nitrogens with one attached hydrogen (secondary N) is 1. The molecular weight excluding hydrogens is 460 g/mol. The Bertz CT molecular complexity index is 886. The average Bonchev–Trinajstić information content (AvgIpc) is 3.31. The Morgan fingerprint density at radius 3 is 2.20 bits per heavy atom. The van der Waals surface area contributed by atoms with Crippen LogP contribution in [0, 0.1) is 0 Å². The molecular formula is C24H32N2O9. The van der Waals surface area contributed by atoms with Crippen LogP contribution < -0.4 is 5.32 Å². The average molecular weight is 493 g/mol. The molecule has 192 valence electrons. The predicted octanol–water partition coefficient (Wildman–Crippen LogP) is 1.32. The Morgan fingerprint density at radius 2 is 1.69 bits per heavy atom. The van der Waals surface area contributed by atoms with Crippen molar-refractivity contribution in [1.29, 1.82) is 0 Å². The second-order valence-electron chi connectivity index (χ2n) is 7.75. The number of nitrogens with zero attached hydrogens (tertiary/aromatic N) is 1. The van der Waals surface area contributed by atoms with Crippen molar-refractivity contribution in [2.75, 3.05) is 13.2 Å². The molecule has 1 saturated heterocycles. The van der Waals surface area contributed by atoms with E-state index in [1.165, 1.54) is 4.90 Å². The smallest absolute Gasteiger partial charge is 0.328 e. The third kappa shape index (κ3) is 10.8. The fourth-order valence-corrected chi connectivity index (χ4v) is 3.52. The molecule has 3 atom stereocenters. The molecule has 0 bridgehead atoms. The second kappa shape index (κ2) is 15.2. The number of hydrogen-bond donors (Lipinski definition) is 4. The van der Waals surface area contributed by atoms with E-state index in [1.807, 2.05) is 30.3 Å². The van der Waals surface area contributed by atoms with Gasteiger partial charge in [0, 0.05) is 18.7 Å². The molecule has 1 heterocycles. The van der Waals surface area contributed by atoms with Gasteiger partial charge in [-0.1, -0.05) is 30.3 Å². The van der Waals surface area contributed by atoms with E-state index in [4.69, 9.17) is 14.9 Å². The van der Waals surface area contributed by atoms with Crippen molar-refractivity contribution in [3.63, 3.8) is 0 Å². The number of rotatable bonds is 11. The van der Waals surface area contributed by atoms with Crippen molar-refractivity contribution in [2.24, 2.45) is 0 Å². The summed E-state index contributed by atoms with van der Waals surface area (Å²) in [6.07, 6.45) is 3.40. The number of hydrogen-bond acceptors (Lipinski definition) is 7. The summed E-state index contributed by atoms with van der Waals surface area (Å²) in [5, 5.41) is 27.9. The minimum atomic E-state index is -1.26. The lowest BCUT2D eigenvalue weighted by atomic mass is 10.0. The van der Waals surface area contributed by atoms with E-state index in [2.05, 4.69) is 5.32 Å².